The van der Waals surface area contributed by atoms with Gasteiger partial charge in [-0.25, -0.2) is 0 Å². The summed E-state index contributed by atoms with van der Waals surface area (Å²) in [5, 5.41) is 19.9. The molecule has 0 aliphatic heterocycles. The summed E-state index contributed by atoms with van der Waals surface area (Å²) in [7, 11) is 0. The number of para-hydroxylation sites is 1. The number of rotatable bonds is 14. The third kappa shape index (κ3) is 8.05. The number of phenols is 2. The third-order valence-electron chi connectivity index (χ3n) is 4.53. The predicted octanol–water partition coefficient (Wildman–Crippen LogP) is 6.49. The van der Waals surface area contributed by atoms with Gasteiger partial charge in [0, 0.05) is 12.2 Å². The van der Waals surface area contributed by atoms with Gasteiger partial charge < -0.3 is 14.9 Å². The largest absolute Gasteiger partial charge is 0.504 e. The summed E-state index contributed by atoms with van der Waals surface area (Å²) < 4.78 is 6.08. The molecule has 0 fully saturated rings. The topological polar surface area (TPSA) is 49.7 Å². The lowest BCUT2D eigenvalue weighted by Crippen LogP contribution is -2.06. The highest BCUT2D eigenvalue weighted by Gasteiger charge is 2.17. The molecular formula is C21H36O3. The molecule has 3 heteroatoms. The van der Waals surface area contributed by atoms with Gasteiger partial charge in [0.1, 0.15) is 0 Å². The number of ether oxygens (including phenoxy) is 1. The highest BCUT2D eigenvalue weighted by atomic mass is 16.5. The molecule has 1 rings (SSSR count). The van der Waals surface area contributed by atoms with Crippen LogP contribution in [0.25, 0.3) is 0 Å². The van der Waals surface area contributed by atoms with Crippen molar-refractivity contribution in [3.8, 4) is 11.5 Å². The first-order chi connectivity index (χ1) is 11.7. The number of aromatic hydroxyl groups is 2. The second-order valence-electron chi connectivity index (χ2n) is 6.69. The maximum Gasteiger partial charge on any atom is 0.163 e. The molecule has 1 aromatic rings. The van der Waals surface area contributed by atoms with Crippen molar-refractivity contribution in [2.75, 3.05) is 6.61 Å². The number of hydrogen-bond acceptors (Lipinski definition) is 3. The number of unbranched alkanes of at least 4 members (excludes halogenated alkanes) is 8. The normalized spacial score (nSPS) is 12.4. The summed E-state index contributed by atoms with van der Waals surface area (Å²) in [5.74, 6) is -0.0860. The van der Waals surface area contributed by atoms with E-state index in [4.69, 9.17) is 4.74 Å². The number of phenolic OH excluding ortho intramolecular Hbond substituents is 2. The quantitative estimate of drug-likeness (QED) is 0.302. The molecule has 0 aliphatic carbocycles. The molecule has 2 N–H and O–H groups in total. The minimum absolute atomic E-state index is 0.0259. The van der Waals surface area contributed by atoms with E-state index in [9.17, 15) is 10.2 Å². The molecule has 0 aromatic heterocycles. The Balaban J connectivity index is 2.51. The van der Waals surface area contributed by atoms with Gasteiger partial charge in [-0.15, -0.1) is 0 Å². The zero-order chi connectivity index (χ0) is 17.6. The summed E-state index contributed by atoms with van der Waals surface area (Å²) in [6.07, 6.45) is 12.9. The van der Waals surface area contributed by atoms with Crippen molar-refractivity contribution in [1.82, 2.24) is 0 Å². The van der Waals surface area contributed by atoms with Gasteiger partial charge in [-0.3, -0.25) is 0 Å². The van der Waals surface area contributed by atoms with E-state index >= 15 is 0 Å². The van der Waals surface area contributed by atoms with Crippen LogP contribution in [-0.2, 0) is 4.74 Å². The van der Waals surface area contributed by atoms with Crippen molar-refractivity contribution in [2.45, 2.75) is 90.6 Å². The van der Waals surface area contributed by atoms with Crippen LogP contribution in [0.1, 0.15) is 96.1 Å². The van der Waals surface area contributed by atoms with Gasteiger partial charge in [-0.1, -0.05) is 83.8 Å². The van der Waals surface area contributed by atoms with Crippen LogP contribution in [0.15, 0.2) is 18.2 Å². The lowest BCUT2D eigenvalue weighted by Gasteiger charge is -2.20. The zero-order valence-electron chi connectivity index (χ0n) is 15.6. The number of benzene rings is 1. The van der Waals surface area contributed by atoms with E-state index in [1.807, 2.05) is 6.07 Å². The molecule has 0 aliphatic rings. The first kappa shape index (κ1) is 20.8. The molecule has 0 heterocycles. The Hall–Kier alpha value is -1.22. The summed E-state index contributed by atoms with van der Waals surface area (Å²) in [4.78, 5) is 0. The molecule has 3 nitrogen and oxygen atoms in total. The van der Waals surface area contributed by atoms with Crippen LogP contribution >= 0.6 is 0 Å². The van der Waals surface area contributed by atoms with E-state index in [-0.39, 0.29) is 17.6 Å². The van der Waals surface area contributed by atoms with Crippen LogP contribution < -0.4 is 0 Å². The average molecular weight is 337 g/mol. The molecule has 1 unspecified atom stereocenters. The van der Waals surface area contributed by atoms with Crippen LogP contribution in [0.3, 0.4) is 0 Å². The Morgan fingerprint density at radius 1 is 0.833 bits per heavy atom. The molecule has 138 valence electrons. The molecule has 1 atom stereocenters. The fourth-order valence-electron chi connectivity index (χ4n) is 3.00. The van der Waals surface area contributed by atoms with Crippen LogP contribution in [0.4, 0.5) is 0 Å². The number of hydrogen-bond donors (Lipinski definition) is 2. The van der Waals surface area contributed by atoms with E-state index < -0.39 is 0 Å². The zero-order valence-corrected chi connectivity index (χ0v) is 15.6. The highest BCUT2D eigenvalue weighted by Crippen LogP contribution is 2.36. The fraction of sp³-hybridized carbons (Fsp3) is 0.714. The Morgan fingerprint density at radius 2 is 1.46 bits per heavy atom. The van der Waals surface area contributed by atoms with Gasteiger partial charge in [-0.05, 0) is 18.9 Å². The summed E-state index contributed by atoms with van der Waals surface area (Å²) in [5.41, 5.74) is 0.721. The molecule has 0 saturated carbocycles. The molecule has 0 radical (unpaired) electrons. The first-order valence-corrected chi connectivity index (χ1v) is 9.83. The monoisotopic (exact) mass is 336 g/mol. The second kappa shape index (κ2) is 13.1. The van der Waals surface area contributed by atoms with Crippen molar-refractivity contribution in [3.05, 3.63) is 23.8 Å². The lowest BCUT2D eigenvalue weighted by molar-refractivity contribution is 0.0404. The highest BCUT2D eigenvalue weighted by molar-refractivity contribution is 5.45. The average Bonchev–Trinajstić information content (AvgIpc) is 2.58. The van der Waals surface area contributed by atoms with Crippen molar-refractivity contribution < 1.29 is 14.9 Å². The van der Waals surface area contributed by atoms with Gasteiger partial charge in [0.15, 0.2) is 11.5 Å². The van der Waals surface area contributed by atoms with Crippen molar-refractivity contribution >= 4 is 0 Å². The lowest BCUT2D eigenvalue weighted by atomic mass is 10.0. The minimum atomic E-state index is -0.120. The Labute approximate surface area is 148 Å². The van der Waals surface area contributed by atoms with Gasteiger partial charge >= 0.3 is 0 Å². The van der Waals surface area contributed by atoms with Gasteiger partial charge in [0.05, 0.1) is 6.10 Å². The van der Waals surface area contributed by atoms with Crippen LogP contribution in [-0.4, -0.2) is 16.8 Å². The second-order valence-corrected chi connectivity index (χ2v) is 6.69. The summed E-state index contributed by atoms with van der Waals surface area (Å²) in [6.45, 7) is 5.16. The van der Waals surface area contributed by atoms with Gasteiger partial charge in [0.2, 0.25) is 0 Å². The summed E-state index contributed by atoms with van der Waals surface area (Å²) in [6, 6.07) is 5.16. The maximum atomic E-state index is 10.2. The van der Waals surface area contributed by atoms with Crippen LogP contribution in [0.5, 0.6) is 11.5 Å². The van der Waals surface area contributed by atoms with E-state index in [1.54, 1.807) is 6.07 Å². The maximum absolute atomic E-state index is 10.2. The molecule has 24 heavy (non-hydrogen) atoms. The van der Waals surface area contributed by atoms with Crippen molar-refractivity contribution in [1.29, 1.82) is 0 Å². The smallest absolute Gasteiger partial charge is 0.163 e. The van der Waals surface area contributed by atoms with Crippen molar-refractivity contribution in [2.24, 2.45) is 0 Å². The first-order valence-electron chi connectivity index (χ1n) is 9.83. The minimum Gasteiger partial charge on any atom is -0.504 e. The van der Waals surface area contributed by atoms with E-state index in [1.165, 1.54) is 57.4 Å². The van der Waals surface area contributed by atoms with E-state index in [0.717, 1.165) is 31.4 Å². The van der Waals surface area contributed by atoms with Gasteiger partial charge in [0.25, 0.3) is 0 Å². The molecule has 0 amide bonds. The van der Waals surface area contributed by atoms with E-state index in [2.05, 4.69) is 13.8 Å². The van der Waals surface area contributed by atoms with Crippen LogP contribution in [0.2, 0.25) is 0 Å². The molecular weight excluding hydrogens is 300 g/mol. The third-order valence-corrected chi connectivity index (χ3v) is 4.53. The molecule has 0 bridgehead atoms. The molecule has 0 spiro atoms. The standard InChI is InChI=1S/C21H36O3/c1-3-5-7-9-11-16-20(24-17-12-10-8-6-4-2)18-14-13-15-19(22)21(18)23/h13-15,20,22-23H,3-12,16-17H2,1-2H3. The SMILES string of the molecule is CCCCCCCOC(CCCCCCC)c1cccc(O)c1O. The van der Waals surface area contributed by atoms with Crippen LogP contribution in [0, 0.1) is 0 Å². The Bertz CT molecular complexity index is 431. The molecule has 1 aromatic carbocycles. The fourth-order valence-corrected chi connectivity index (χ4v) is 3.00. The predicted molar refractivity (Wildman–Crippen MR) is 101 cm³/mol. The van der Waals surface area contributed by atoms with Gasteiger partial charge in [-0.2, -0.15) is 0 Å². The molecule has 0 saturated heterocycles. The van der Waals surface area contributed by atoms with E-state index in [0.29, 0.717) is 0 Å². The summed E-state index contributed by atoms with van der Waals surface area (Å²) >= 11 is 0. The Kier molecular flexibility index (Phi) is 11.4. The Morgan fingerprint density at radius 3 is 2.12 bits per heavy atom. The van der Waals surface area contributed by atoms with Crippen molar-refractivity contribution in [3.63, 3.8) is 0 Å².